The molecule has 0 spiro atoms. The Labute approximate surface area is 169 Å². The fourth-order valence-electron chi connectivity index (χ4n) is 4.17. The summed E-state index contributed by atoms with van der Waals surface area (Å²) in [6, 6.07) is 28.5. The van der Waals surface area contributed by atoms with E-state index in [-0.39, 0.29) is 11.6 Å². The van der Waals surface area contributed by atoms with E-state index >= 15 is 0 Å². The van der Waals surface area contributed by atoms with Gasteiger partial charge in [0.05, 0.1) is 23.0 Å². The Morgan fingerprint density at radius 2 is 1.55 bits per heavy atom. The van der Waals surface area contributed by atoms with Gasteiger partial charge in [0.2, 0.25) is 0 Å². The number of hydrazone groups is 1. The van der Waals surface area contributed by atoms with Crippen molar-refractivity contribution >= 4 is 22.3 Å². The lowest BCUT2D eigenvalue weighted by molar-refractivity contribution is 0.709. The number of hydrogen-bond donors (Lipinski definition) is 1. The third kappa shape index (κ3) is 3.03. The molecule has 142 valence electrons. The number of pyridine rings is 1. The van der Waals surface area contributed by atoms with Gasteiger partial charge in [0.25, 0.3) is 5.56 Å². The smallest absolute Gasteiger partial charge is 0.257 e. The quantitative estimate of drug-likeness (QED) is 0.532. The SMILES string of the molecule is Cc1c(C2=NN(c3ccccc3)C(c3ccccc3)C2)c(=O)[nH]c2ccccc12. The molecule has 3 aromatic carbocycles. The summed E-state index contributed by atoms with van der Waals surface area (Å²) in [4.78, 5) is 16.0. The number of H-pyrrole nitrogens is 1. The third-order valence-electron chi connectivity index (χ3n) is 5.59. The fraction of sp³-hybridized carbons (Fsp3) is 0.120. The molecule has 1 N–H and O–H groups in total. The minimum Gasteiger partial charge on any atom is -0.321 e. The van der Waals surface area contributed by atoms with Crippen molar-refractivity contribution in [3.63, 3.8) is 0 Å². The summed E-state index contributed by atoms with van der Waals surface area (Å²) in [6.45, 7) is 2.01. The van der Waals surface area contributed by atoms with Gasteiger partial charge in [-0.15, -0.1) is 0 Å². The van der Waals surface area contributed by atoms with Crippen molar-refractivity contribution in [3.8, 4) is 0 Å². The number of benzene rings is 3. The lowest BCUT2D eigenvalue weighted by Gasteiger charge is -2.23. The summed E-state index contributed by atoms with van der Waals surface area (Å²) >= 11 is 0. The first-order valence-corrected chi connectivity index (χ1v) is 9.81. The highest BCUT2D eigenvalue weighted by atomic mass is 16.1. The van der Waals surface area contributed by atoms with Gasteiger partial charge in [-0.1, -0.05) is 66.7 Å². The molecule has 1 aromatic heterocycles. The standard InChI is InChI=1S/C25H21N3O/c1-17-20-14-8-9-15-21(20)26-25(29)24(17)22-16-23(18-10-4-2-5-11-18)28(27-22)19-12-6-3-7-13-19/h2-15,23H,16H2,1H3,(H,26,29). The maximum atomic E-state index is 13.0. The maximum Gasteiger partial charge on any atom is 0.257 e. The number of aromatic nitrogens is 1. The van der Waals surface area contributed by atoms with Crippen LogP contribution >= 0.6 is 0 Å². The topological polar surface area (TPSA) is 48.5 Å². The molecular weight excluding hydrogens is 358 g/mol. The lowest BCUT2D eigenvalue weighted by Crippen LogP contribution is -2.20. The van der Waals surface area contributed by atoms with Crippen molar-refractivity contribution in [2.24, 2.45) is 5.10 Å². The summed E-state index contributed by atoms with van der Waals surface area (Å²) in [5, 5.41) is 8.04. The third-order valence-corrected chi connectivity index (χ3v) is 5.59. The number of fused-ring (bicyclic) bond motifs is 1. The molecule has 0 saturated heterocycles. The van der Waals surface area contributed by atoms with Crippen molar-refractivity contribution < 1.29 is 0 Å². The van der Waals surface area contributed by atoms with E-state index in [4.69, 9.17) is 5.10 Å². The fourth-order valence-corrected chi connectivity index (χ4v) is 4.17. The molecule has 29 heavy (non-hydrogen) atoms. The van der Waals surface area contributed by atoms with Crippen LogP contribution in [-0.2, 0) is 0 Å². The first-order valence-electron chi connectivity index (χ1n) is 9.81. The summed E-state index contributed by atoms with van der Waals surface area (Å²) in [5.74, 6) is 0. The minimum atomic E-state index is -0.0818. The van der Waals surface area contributed by atoms with Gasteiger partial charge in [-0.2, -0.15) is 5.10 Å². The first-order chi connectivity index (χ1) is 14.2. The summed E-state index contributed by atoms with van der Waals surface area (Å²) in [6.07, 6.45) is 0.682. The number of rotatable bonds is 3. The predicted octanol–water partition coefficient (Wildman–Crippen LogP) is 5.19. The molecule has 0 fully saturated rings. The monoisotopic (exact) mass is 379 g/mol. The predicted molar refractivity (Wildman–Crippen MR) is 119 cm³/mol. The van der Waals surface area contributed by atoms with Gasteiger partial charge in [0, 0.05) is 17.3 Å². The average Bonchev–Trinajstić information content (AvgIpc) is 3.20. The van der Waals surface area contributed by atoms with Gasteiger partial charge in [-0.3, -0.25) is 9.80 Å². The second-order valence-electron chi connectivity index (χ2n) is 7.36. The molecule has 1 atom stereocenters. The highest BCUT2D eigenvalue weighted by Gasteiger charge is 2.31. The highest BCUT2D eigenvalue weighted by molar-refractivity contribution is 6.06. The molecule has 4 heteroatoms. The van der Waals surface area contributed by atoms with Crippen molar-refractivity contribution in [3.05, 3.63) is 112 Å². The molecule has 0 amide bonds. The van der Waals surface area contributed by atoms with Crippen LogP contribution < -0.4 is 10.6 Å². The van der Waals surface area contributed by atoms with Gasteiger partial charge in [0.1, 0.15) is 0 Å². The lowest BCUT2D eigenvalue weighted by atomic mass is 9.95. The van der Waals surface area contributed by atoms with Crippen molar-refractivity contribution in [1.29, 1.82) is 0 Å². The molecule has 1 unspecified atom stereocenters. The van der Waals surface area contributed by atoms with Gasteiger partial charge >= 0.3 is 0 Å². The molecule has 1 aliphatic rings. The van der Waals surface area contributed by atoms with E-state index in [2.05, 4.69) is 29.2 Å². The van der Waals surface area contributed by atoms with E-state index in [0.29, 0.717) is 12.0 Å². The van der Waals surface area contributed by atoms with Crippen molar-refractivity contribution in [2.45, 2.75) is 19.4 Å². The van der Waals surface area contributed by atoms with Gasteiger partial charge in [-0.05, 0) is 36.2 Å². The van der Waals surface area contributed by atoms with Crippen molar-refractivity contribution in [2.75, 3.05) is 5.01 Å². The van der Waals surface area contributed by atoms with Crippen LogP contribution in [0.2, 0.25) is 0 Å². The average molecular weight is 379 g/mol. The van der Waals surface area contributed by atoms with Crippen molar-refractivity contribution in [1.82, 2.24) is 4.98 Å². The van der Waals surface area contributed by atoms with Crippen LogP contribution in [0.1, 0.15) is 29.2 Å². The van der Waals surface area contributed by atoms with Crippen LogP contribution in [0.25, 0.3) is 10.9 Å². The number of aryl methyl sites for hydroxylation is 1. The van der Waals surface area contributed by atoms with Crippen LogP contribution in [0, 0.1) is 6.92 Å². The Balaban J connectivity index is 1.66. The zero-order valence-corrected chi connectivity index (χ0v) is 16.2. The Kier molecular flexibility index (Phi) is 4.24. The number of aromatic amines is 1. The zero-order chi connectivity index (χ0) is 19.8. The molecular formula is C25H21N3O. The van der Waals surface area contributed by atoms with Crippen LogP contribution in [0.15, 0.2) is 94.8 Å². The maximum absolute atomic E-state index is 13.0. The van der Waals surface area contributed by atoms with E-state index in [1.54, 1.807) is 0 Å². The number of nitrogens with zero attached hydrogens (tertiary/aromatic N) is 2. The van der Waals surface area contributed by atoms with E-state index in [1.165, 1.54) is 5.56 Å². The summed E-state index contributed by atoms with van der Waals surface area (Å²) in [5.41, 5.74) is 5.47. The largest absolute Gasteiger partial charge is 0.321 e. The second-order valence-corrected chi connectivity index (χ2v) is 7.36. The van der Waals surface area contributed by atoms with Crippen LogP contribution in [-0.4, -0.2) is 10.7 Å². The number of anilines is 1. The molecule has 2 heterocycles. The molecule has 0 bridgehead atoms. The Morgan fingerprint density at radius 1 is 0.897 bits per heavy atom. The van der Waals surface area contributed by atoms with E-state index in [9.17, 15) is 4.79 Å². The van der Waals surface area contributed by atoms with E-state index < -0.39 is 0 Å². The Morgan fingerprint density at radius 3 is 2.31 bits per heavy atom. The minimum absolute atomic E-state index is 0.0545. The highest BCUT2D eigenvalue weighted by Crippen LogP contribution is 2.36. The zero-order valence-electron chi connectivity index (χ0n) is 16.2. The normalized spacial score (nSPS) is 16.2. The Hall–Kier alpha value is -3.66. The molecule has 4 aromatic rings. The van der Waals surface area contributed by atoms with Gasteiger partial charge in [0.15, 0.2) is 0 Å². The van der Waals surface area contributed by atoms with Crippen LogP contribution in [0.3, 0.4) is 0 Å². The molecule has 0 saturated carbocycles. The summed E-state index contributed by atoms with van der Waals surface area (Å²) < 4.78 is 0. The number of para-hydroxylation sites is 2. The molecule has 0 aliphatic carbocycles. The first kappa shape index (κ1) is 17.4. The molecule has 0 radical (unpaired) electrons. The number of hydrogen-bond acceptors (Lipinski definition) is 3. The molecule has 5 rings (SSSR count). The molecule has 4 nitrogen and oxygen atoms in total. The van der Waals surface area contributed by atoms with Gasteiger partial charge < -0.3 is 4.98 Å². The second kappa shape index (κ2) is 7.06. The Bertz CT molecular complexity index is 1260. The van der Waals surface area contributed by atoms with E-state index in [1.807, 2.05) is 72.6 Å². The van der Waals surface area contributed by atoms with E-state index in [0.717, 1.165) is 27.9 Å². The van der Waals surface area contributed by atoms with Gasteiger partial charge in [-0.25, -0.2) is 0 Å². The van der Waals surface area contributed by atoms with Crippen LogP contribution in [0.4, 0.5) is 5.69 Å². The summed E-state index contributed by atoms with van der Waals surface area (Å²) in [7, 11) is 0. The number of nitrogens with one attached hydrogen (secondary N) is 1. The molecule has 1 aliphatic heterocycles. The van der Waals surface area contributed by atoms with Crippen LogP contribution in [0.5, 0.6) is 0 Å².